The third kappa shape index (κ3) is 3.53. The fraction of sp³-hybridized carbons (Fsp3) is 0.588. The van der Waals surface area contributed by atoms with E-state index in [-0.39, 0.29) is 5.97 Å². The van der Waals surface area contributed by atoms with E-state index in [0.29, 0.717) is 17.0 Å². The fourth-order valence-corrected chi connectivity index (χ4v) is 3.06. The first-order valence-electron chi connectivity index (χ1n) is 7.37. The van der Waals surface area contributed by atoms with Gasteiger partial charge >= 0.3 is 5.97 Å². The largest absolute Gasteiger partial charge is 0.465 e. The van der Waals surface area contributed by atoms with Crippen molar-refractivity contribution in [2.75, 3.05) is 12.4 Å². The summed E-state index contributed by atoms with van der Waals surface area (Å²) in [7, 11) is 1.42. The molecule has 0 aliphatic heterocycles. The Kier molecular flexibility index (Phi) is 4.36. The van der Waals surface area contributed by atoms with Crippen LogP contribution in [0.3, 0.4) is 0 Å². The Morgan fingerprint density at radius 1 is 1.40 bits per heavy atom. The van der Waals surface area contributed by atoms with Gasteiger partial charge in [0.2, 0.25) is 0 Å². The number of methoxy groups -OCH3 is 1. The molecule has 1 N–H and O–H groups in total. The minimum absolute atomic E-state index is 0.281. The maximum absolute atomic E-state index is 11.6. The van der Waals surface area contributed by atoms with E-state index in [1.165, 1.54) is 38.4 Å². The second-order valence-electron chi connectivity index (χ2n) is 6.62. The van der Waals surface area contributed by atoms with E-state index < -0.39 is 0 Å². The number of ether oxygens (including phenoxy) is 1. The minimum Gasteiger partial charge on any atom is -0.465 e. The van der Waals surface area contributed by atoms with E-state index in [1.807, 2.05) is 18.2 Å². The van der Waals surface area contributed by atoms with Gasteiger partial charge in [-0.05, 0) is 49.3 Å². The van der Waals surface area contributed by atoms with Gasteiger partial charge in [0.15, 0.2) is 0 Å². The van der Waals surface area contributed by atoms with Gasteiger partial charge in [0.25, 0.3) is 0 Å². The van der Waals surface area contributed by atoms with Gasteiger partial charge in [0, 0.05) is 11.7 Å². The molecule has 3 nitrogen and oxygen atoms in total. The molecule has 1 atom stereocenters. The molecule has 1 aromatic carbocycles. The molecule has 1 aromatic rings. The summed E-state index contributed by atoms with van der Waals surface area (Å²) in [6.07, 6.45) is 4.94. The summed E-state index contributed by atoms with van der Waals surface area (Å²) in [5.74, 6) is -0.281. The number of carbonyl (C=O) groups is 1. The topological polar surface area (TPSA) is 38.3 Å². The lowest BCUT2D eigenvalue weighted by atomic mass is 9.75. The monoisotopic (exact) mass is 275 g/mol. The highest BCUT2D eigenvalue weighted by Crippen LogP contribution is 2.36. The summed E-state index contributed by atoms with van der Waals surface area (Å²) < 4.78 is 4.79. The normalized spacial score (nSPS) is 21.3. The lowest BCUT2D eigenvalue weighted by Gasteiger charge is -2.36. The summed E-state index contributed by atoms with van der Waals surface area (Å²) in [6, 6.07) is 6.19. The van der Waals surface area contributed by atoms with Crippen LogP contribution in [-0.2, 0) is 4.74 Å². The van der Waals surface area contributed by atoms with E-state index in [1.54, 1.807) is 0 Å². The van der Waals surface area contributed by atoms with Crippen molar-refractivity contribution in [3.8, 4) is 0 Å². The van der Waals surface area contributed by atoms with E-state index in [9.17, 15) is 4.79 Å². The highest BCUT2D eigenvalue weighted by molar-refractivity contribution is 5.90. The highest BCUT2D eigenvalue weighted by atomic mass is 16.5. The molecule has 1 aliphatic carbocycles. The molecule has 0 heterocycles. The van der Waals surface area contributed by atoms with Gasteiger partial charge in [0.05, 0.1) is 12.7 Å². The van der Waals surface area contributed by atoms with Crippen LogP contribution in [0.4, 0.5) is 5.69 Å². The van der Waals surface area contributed by atoms with Gasteiger partial charge in [0.1, 0.15) is 0 Å². The molecule has 20 heavy (non-hydrogen) atoms. The van der Waals surface area contributed by atoms with Crippen LogP contribution >= 0.6 is 0 Å². The van der Waals surface area contributed by atoms with Gasteiger partial charge in [-0.1, -0.05) is 26.3 Å². The summed E-state index contributed by atoms with van der Waals surface area (Å²) in [4.78, 5) is 11.6. The number of aryl methyl sites for hydroxylation is 1. The van der Waals surface area contributed by atoms with Gasteiger partial charge in [-0.15, -0.1) is 0 Å². The summed E-state index contributed by atoms with van der Waals surface area (Å²) >= 11 is 0. The zero-order valence-electron chi connectivity index (χ0n) is 13.0. The van der Waals surface area contributed by atoms with E-state index in [0.717, 1.165) is 5.69 Å². The van der Waals surface area contributed by atoms with E-state index >= 15 is 0 Å². The van der Waals surface area contributed by atoms with E-state index in [2.05, 4.69) is 26.1 Å². The second kappa shape index (κ2) is 5.86. The van der Waals surface area contributed by atoms with Crippen molar-refractivity contribution >= 4 is 11.7 Å². The third-order valence-corrected chi connectivity index (χ3v) is 4.22. The molecular weight excluding hydrogens is 250 g/mol. The molecule has 0 amide bonds. The Bertz CT molecular complexity index is 494. The molecule has 3 heteroatoms. The number of anilines is 1. The molecule has 110 valence electrons. The molecule has 0 aromatic heterocycles. The molecule has 0 bridgehead atoms. The van der Waals surface area contributed by atoms with Crippen molar-refractivity contribution in [2.24, 2.45) is 5.41 Å². The average Bonchev–Trinajstić information content (AvgIpc) is 2.39. The van der Waals surface area contributed by atoms with Crippen LogP contribution in [0.15, 0.2) is 18.2 Å². The van der Waals surface area contributed by atoms with Crippen molar-refractivity contribution < 1.29 is 9.53 Å². The number of hydrogen-bond acceptors (Lipinski definition) is 3. The number of rotatable bonds is 3. The SMILES string of the molecule is COC(=O)c1ccc(C)c(NC2CCCC(C)(C)C2)c1. The quantitative estimate of drug-likeness (QED) is 0.842. The standard InChI is InChI=1S/C17H25NO2/c1-12-7-8-13(16(19)20-4)10-15(12)18-14-6-5-9-17(2,3)11-14/h7-8,10,14,18H,5-6,9,11H2,1-4H3. The summed E-state index contributed by atoms with van der Waals surface area (Å²) in [5, 5.41) is 3.62. The zero-order chi connectivity index (χ0) is 14.8. The smallest absolute Gasteiger partial charge is 0.337 e. The zero-order valence-corrected chi connectivity index (χ0v) is 13.0. The van der Waals surface area contributed by atoms with Crippen LogP contribution < -0.4 is 5.32 Å². The van der Waals surface area contributed by atoms with Crippen LogP contribution in [0.25, 0.3) is 0 Å². The fourth-order valence-electron chi connectivity index (χ4n) is 3.06. The number of hydrogen-bond donors (Lipinski definition) is 1. The Balaban J connectivity index is 2.14. The van der Waals surface area contributed by atoms with Crippen LogP contribution in [0, 0.1) is 12.3 Å². The van der Waals surface area contributed by atoms with Gasteiger partial charge < -0.3 is 10.1 Å². The Hall–Kier alpha value is -1.51. The molecule has 1 saturated carbocycles. The first kappa shape index (κ1) is 14.9. The molecule has 2 rings (SSSR count). The van der Waals surface area contributed by atoms with Crippen molar-refractivity contribution in [2.45, 2.75) is 52.5 Å². The van der Waals surface area contributed by atoms with Gasteiger partial charge in [-0.2, -0.15) is 0 Å². The lowest BCUT2D eigenvalue weighted by molar-refractivity contribution is 0.0601. The molecule has 1 fully saturated rings. The predicted octanol–water partition coefficient (Wildman–Crippen LogP) is 4.16. The van der Waals surface area contributed by atoms with E-state index in [4.69, 9.17) is 4.74 Å². The first-order chi connectivity index (χ1) is 9.41. The first-order valence-corrected chi connectivity index (χ1v) is 7.37. The molecule has 0 saturated heterocycles. The molecule has 1 unspecified atom stereocenters. The lowest BCUT2D eigenvalue weighted by Crippen LogP contribution is -2.32. The van der Waals surface area contributed by atoms with Crippen LogP contribution in [0.5, 0.6) is 0 Å². The number of benzene rings is 1. The van der Waals surface area contributed by atoms with Crippen LogP contribution in [0.1, 0.15) is 55.5 Å². The second-order valence-corrected chi connectivity index (χ2v) is 6.62. The minimum atomic E-state index is -0.281. The van der Waals surface area contributed by atoms with Gasteiger partial charge in [-0.25, -0.2) is 4.79 Å². The summed E-state index contributed by atoms with van der Waals surface area (Å²) in [5.41, 5.74) is 3.23. The average molecular weight is 275 g/mol. The Morgan fingerprint density at radius 3 is 2.80 bits per heavy atom. The van der Waals surface area contributed by atoms with Crippen molar-refractivity contribution in [1.82, 2.24) is 0 Å². The molecule has 0 spiro atoms. The predicted molar refractivity (Wildman–Crippen MR) is 82.2 cm³/mol. The highest BCUT2D eigenvalue weighted by Gasteiger charge is 2.28. The van der Waals surface area contributed by atoms with Crippen LogP contribution in [-0.4, -0.2) is 19.1 Å². The van der Waals surface area contributed by atoms with Crippen molar-refractivity contribution in [3.05, 3.63) is 29.3 Å². The Labute approximate surface area is 121 Å². The number of nitrogens with one attached hydrogen (secondary N) is 1. The molecular formula is C17H25NO2. The summed E-state index contributed by atoms with van der Waals surface area (Å²) in [6.45, 7) is 6.73. The maximum atomic E-state index is 11.6. The van der Waals surface area contributed by atoms with Crippen molar-refractivity contribution in [1.29, 1.82) is 0 Å². The maximum Gasteiger partial charge on any atom is 0.337 e. The number of esters is 1. The number of carbonyl (C=O) groups excluding carboxylic acids is 1. The third-order valence-electron chi connectivity index (χ3n) is 4.22. The molecule has 0 radical (unpaired) electrons. The molecule has 1 aliphatic rings. The van der Waals surface area contributed by atoms with Crippen molar-refractivity contribution in [3.63, 3.8) is 0 Å². The Morgan fingerprint density at radius 2 is 2.15 bits per heavy atom. The van der Waals surface area contributed by atoms with Crippen LogP contribution in [0.2, 0.25) is 0 Å². The van der Waals surface area contributed by atoms with Gasteiger partial charge in [-0.3, -0.25) is 0 Å².